The molecule has 0 amide bonds. The maximum atomic E-state index is 2.69. The fraction of sp³-hybridized carbons (Fsp3) is 0.182. The van der Waals surface area contributed by atoms with Crippen LogP contribution in [0.4, 0.5) is 34.1 Å². The number of benzene rings is 12. The summed E-state index contributed by atoms with van der Waals surface area (Å²) >= 11 is 0. The molecule has 2 aliphatic carbocycles. The summed E-state index contributed by atoms with van der Waals surface area (Å²) in [6.45, 7) is 19.6. The SMILES string of the molecule is CC1(C)CCC(C)(C)c2cc(N3c4cc(-n5c6ccccc6c6ccccc65)ccc4B4c5ccc(-n6c7ccccc7c7ccccc76)cc5N(c5ccc6c(c5)C(C)(C)CCC6(C)C)c5cc(-c6ccc7c(c6)c6ccccc6n7-c6ccccc6)cc3c54)ccc21. The van der Waals surface area contributed by atoms with E-state index in [9.17, 15) is 0 Å². The van der Waals surface area contributed by atoms with Crippen molar-refractivity contribution < 1.29 is 0 Å². The number of anilines is 6. The van der Waals surface area contributed by atoms with E-state index in [2.05, 4.69) is 334 Å². The van der Waals surface area contributed by atoms with E-state index in [-0.39, 0.29) is 28.4 Å². The second kappa shape index (κ2) is 19.6. The summed E-state index contributed by atoms with van der Waals surface area (Å²) in [5.74, 6) is 0. The molecule has 2 aliphatic heterocycles. The number of hydrogen-bond acceptors (Lipinski definition) is 2. The molecular formula is C88H74BN5. The largest absolute Gasteiger partial charge is 0.311 e. The number of fused-ring (bicyclic) bond motifs is 15. The summed E-state index contributed by atoms with van der Waals surface area (Å²) in [5.41, 5.74) is 29.8. The van der Waals surface area contributed by atoms with Crippen LogP contribution in [0.15, 0.2) is 255 Å². The van der Waals surface area contributed by atoms with Crippen LogP contribution in [0.3, 0.4) is 0 Å². The van der Waals surface area contributed by atoms with Crippen molar-refractivity contribution in [3.05, 3.63) is 277 Å². The summed E-state index contributed by atoms with van der Waals surface area (Å²) in [4.78, 5) is 5.38. The number of hydrogen-bond donors (Lipinski definition) is 0. The Hall–Kier alpha value is -10.3. The minimum absolute atomic E-state index is 0.0267. The quantitative estimate of drug-likeness (QED) is 0.155. The summed E-state index contributed by atoms with van der Waals surface area (Å²) in [6.07, 6.45) is 4.55. The van der Waals surface area contributed by atoms with Crippen LogP contribution in [0.2, 0.25) is 0 Å². The van der Waals surface area contributed by atoms with Crippen LogP contribution < -0.4 is 26.2 Å². The van der Waals surface area contributed by atoms with Crippen LogP contribution in [-0.4, -0.2) is 20.4 Å². The Morgan fingerprint density at radius 1 is 0.255 bits per heavy atom. The third-order valence-electron chi connectivity index (χ3n) is 22.9. The lowest BCUT2D eigenvalue weighted by atomic mass is 9.33. The van der Waals surface area contributed by atoms with Crippen molar-refractivity contribution in [2.75, 3.05) is 9.80 Å². The van der Waals surface area contributed by atoms with E-state index in [4.69, 9.17) is 0 Å². The van der Waals surface area contributed by atoms with Gasteiger partial charge in [0.05, 0.1) is 33.1 Å². The standard InChI is InChI=1S/C88H74BN5/c1-85(2)44-46-87(5,6)70-51-58(35-39-68(70)85)93-80-53-60(91-74-29-17-12-24-62(74)63-25-13-18-30-75(63)91)37-41-72(80)89-73-42-38-61(92-76-31-19-14-26-64(76)65-27-15-20-32-77(65)92)54-81(73)94(59-36-40-69-71(52-59)88(7,8)47-45-86(69,3)4)83-50-56(49-82(93)84(83)89)55-34-43-79-67(48-55)66-28-16-21-33-78(66)90(79)57-22-10-9-11-23-57/h9-43,48-54H,44-47H2,1-8H3. The predicted molar refractivity (Wildman–Crippen MR) is 399 cm³/mol. The van der Waals surface area contributed by atoms with E-state index in [1.165, 1.54) is 149 Å². The molecule has 0 atom stereocenters. The maximum Gasteiger partial charge on any atom is 0.252 e. The molecule has 0 saturated heterocycles. The first kappa shape index (κ1) is 55.4. The van der Waals surface area contributed by atoms with E-state index < -0.39 is 0 Å². The van der Waals surface area contributed by atoms with Gasteiger partial charge in [0.15, 0.2) is 0 Å². The molecule has 4 aliphatic rings. The van der Waals surface area contributed by atoms with Crippen molar-refractivity contribution in [2.24, 2.45) is 0 Å². The second-order valence-electron chi connectivity index (χ2n) is 30.2. The van der Waals surface area contributed by atoms with Crippen LogP contribution >= 0.6 is 0 Å². The highest BCUT2D eigenvalue weighted by molar-refractivity contribution is 7.00. The highest BCUT2D eigenvalue weighted by Crippen LogP contribution is 2.54. The van der Waals surface area contributed by atoms with Crippen molar-refractivity contribution in [1.82, 2.24) is 13.7 Å². The predicted octanol–water partition coefficient (Wildman–Crippen LogP) is 21.4. The van der Waals surface area contributed by atoms with E-state index in [1.54, 1.807) is 0 Å². The molecule has 454 valence electrons. The van der Waals surface area contributed by atoms with E-state index in [0.717, 1.165) is 42.7 Å². The summed E-state index contributed by atoms with van der Waals surface area (Å²) in [6, 6.07) is 98.0. The molecule has 0 N–H and O–H groups in total. The molecule has 15 aromatic rings. The van der Waals surface area contributed by atoms with Gasteiger partial charge in [0.1, 0.15) is 0 Å². The maximum absolute atomic E-state index is 2.69. The first-order valence-corrected chi connectivity index (χ1v) is 34.0. The molecule has 0 fully saturated rings. The zero-order valence-corrected chi connectivity index (χ0v) is 54.9. The van der Waals surface area contributed by atoms with E-state index in [0.29, 0.717) is 0 Å². The van der Waals surface area contributed by atoms with Gasteiger partial charge in [-0.05, 0) is 212 Å². The van der Waals surface area contributed by atoms with Crippen LogP contribution in [0.1, 0.15) is 103 Å². The van der Waals surface area contributed by atoms with Gasteiger partial charge in [-0.15, -0.1) is 0 Å². The number of para-hydroxylation sites is 6. The number of nitrogens with zero attached hydrogens (tertiary/aromatic N) is 5. The Kier molecular flexibility index (Phi) is 11.6. The molecule has 0 saturated carbocycles. The summed E-state index contributed by atoms with van der Waals surface area (Å²) < 4.78 is 7.45. The third-order valence-corrected chi connectivity index (χ3v) is 22.9. The van der Waals surface area contributed by atoms with Crippen LogP contribution in [0.25, 0.3) is 93.6 Å². The molecule has 5 heterocycles. The van der Waals surface area contributed by atoms with Crippen molar-refractivity contribution in [3.8, 4) is 28.2 Å². The summed E-state index contributed by atoms with van der Waals surface area (Å²) in [7, 11) is 0. The Labute approximate surface area is 550 Å². The lowest BCUT2D eigenvalue weighted by Gasteiger charge is -2.46. The lowest BCUT2D eigenvalue weighted by Crippen LogP contribution is -2.61. The molecule has 0 radical (unpaired) electrons. The fourth-order valence-electron chi connectivity index (χ4n) is 17.8. The Bertz CT molecular complexity index is 5350. The van der Waals surface area contributed by atoms with E-state index >= 15 is 0 Å². The smallest absolute Gasteiger partial charge is 0.252 e. The van der Waals surface area contributed by atoms with Gasteiger partial charge in [-0.25, -0.2) is 0 Å². The van der Waals surface area contributed by atoms with Crippen LogP contribution in [0, 0.1) is 0 Å². The Balaban J connectivity index is 0.948. The molecule has 0 unspecified atom stereocenters. The highest BCUT2D eigenvalue weighted by atomic mass is 15.2. The normalized spacial score (nSPS) is 16.4. The fourth-order valence-corrected chi connectivity index (χ4v) is 17.8. The zero-order valence-electron chi connectivity index (χ0n) is 54.9. The molecule has 19 rings (SSSR count). The summed E-state index contributed by atoms with van der Waals surface area (Å²) in [5, 5.41) is 7.49. The van der Waals surface area contributed by atoms with E-state index in [1.807, 2.05) is 0 Å². The first-order chi connectivity index (χ1) is 45.6. The molecule has 5 nitrogen and oxygen atoms in total. The van der Waals surface area contributed by atoms with Crippen molar-refractivity contribution in [3.63, 3.8) is 0 Å². The molecule has 0 bridgehead atoms. The van der Waals surface area contributed by atoms with Crippen LogP contribution in [-0.2, 0) is 21.7 Å². The topological polar surface area (TPSA) is 21.3 Å². The van der Waals surface area contributed by atoms with Gasteiger partial charge in [0.25, 0.3) is 6.71 Å². The highest BCUT2D eigenvalue weighted by Gasteiger charge is 2.46. The number of rotatable bonds is 6. The number of aromatic nitrogens is 3. The van der Waals surface area contributed by atoms with Gasteiger partial charge in [0.2, 0.25) is 0 Å². The van der Waals surface area contributed by atoms with Crippen molar-refractivity contribution in [1.29, 1.82) is 0 Å². The zero-order chi connectivity index (χ0) is 63.3. The van der Waals surface area contributed by atoms with Gasteiger partial charge in [-0.1, -0.05) is 195 Å². The molecule has 6 heteroatoms. The monoisotopic (exact) mass is 1210 g/mol. The van der Waals surface area contributed by atoms with Gasteiger partial charge in [-0.3, -0.25) is 0 Å². The van der Waals surface area contributed by atoms with Gasteiger partial charge < -0.3 is 23.5 Å². The van der Waals surface area contributed by atoms with Crippen molar-refractivity contribution >= 4 is 123 Å². The Morgan fingerprint density at radius 3 is 1.03 bits per heavy atom. The van der Waals surface area contributed by atoms with Crippen molar-refractivity contribution in [2.45, 2.75) is 103 Å². The minimum atomic E-state index is -0.136. The minimum Gasteiger partial charge on any atom is -0.311 e. The first-order valence-electron chi connectivity index (χ1n) is 34.0. The van der Waals surface area contributed by atoms with Crippen LogP contribution in [0.5, 0.6) is 0 Å². The molecular weight excluding hydrogens is 1140 g/mol. The second-order valence-corrected chi connectivity index (χ2v) is 30.2. The third kappa shape index (κ3) is 7.89. The average Bonchev–Trinajstić information content (AvgIpc) is 0.711. The molecule has 94 heavy (non-hydrogen) atoms. The Morgan fingerprint density at radius 2 is 0.606 bits per heavy atom. The molecule has 3 aromatic heterocycles. The van der Waals surface area contributed by atoms with Gasteiger partial charge in [-0.2, -0.15) is 0 Å². The molecule has 12 aromatic carbocycles. The van der Waals surface area contributed by atoms with Gasteiger partial charge in [0, 0.05) is 83.5 Å². The van der Waals surface area contributed by atoms with Gasteiger partial charge >= 0.3 is 0 Å². The average molecular weight is 1210 g/mol. The lowest BCUT2D eigenvalue weighted by molar-refractivity contribution is 0.332. The molecule has 0 spiro atoms.